The number of H-pyrrole nitrogens is 1. The number of aromatic nitrogens is 1. The molecular weight excluding hydrogens is 214 g/mol. The molecule has 1 heterocycles. The normalized spacial score (nSPS) is 10.9. The van der Waals surface area contributed by atoms with Gasteiger partial charge in [0.1, 0.15) is 0 Å². The van der Waals surface area contributed by atoms with E-state index in [2.05, 4.69) is 23.2 Å². The summed E-state index contributed by atoms with van der Waals surface area (Å²) in [7, 11) is 0. The summed E-state index contributed by atoms with van der Waals surface area (Å²) < 4.78 is 2.02. The molecule has 0 bridgehead atoms. The van der Waals surface area contributed by atoms with Crippen molar-refractivity contribution in [2.75, 3.05) is 6.61 Å². The first kappa shape index (κ1) is 9.83. The summed E-state index contributed by atoms with van der Waals surface area (Å²) in [6, 6.07) is 6.29. The Labute approximate surface area is 91.2 Å². The smallest absolute Gasteiger partial charge is 0.159 e. The van der Waals surface area contributed by atoms with E-state index in [1.165, 1.54) is 10.3 Å². The third-order valence-corrected chi connectivity index (χ3v) is 3.32. The summed E-state index contributed by atoms with van der Waals surface area (Å²) in [4.78, 5) is 3.15. The molecule has 0 saturated carbocycles. The molecule has 2 aromatic rings. The fraction of sp³-hybridized carbons (Fsp3) is 0.300. The Morgan fingerprint density at radius 2 is 2.29 bits per heavy atom. The Hall–Kier alpha value is -0.710. The van der Waals surface area contributed by atoms with E-state index in [4.69, 9.17) is 17.3 Å². The maximum absolute atomic E-state index is 8.72. The number of aromatic amines is 1. The van der Waals surface area contributed by atoms with Crippen molar-refractivity contribution < 1.29 is 5.11 Å². The first-order valence-corrected chi connectivity index (χ1v) is 5.74. The number of hydrogen-bond acceptors (Lipinski definition) is 3. The molecule has 0 amide bonds. The van der Waals surface area contributed by atoms with Gasteiger partial charge in [0.25, 0.3) is 0 Å². The molecule has 2 N–H and O–H groups in total. The zero-order chi connectivity index (χ0) is 9.97. The molecule has 0 aliphatic rings. The zero-order valence-corrected chi connectivity index (χ0v) is 9.25. The minimum absolute atomic E-state index is 0.248. The number of aryl methyl sites for hydroxylation is 1. The van der Waals surface area contributed by atoms with Gasteiger partial charge in [0.15, 0.2) is 3.95 Å². The van der Waals surface area contributed by atoms with Crippen molar-refractivity contribution in [2.45, 2.75) is 12.8 Å². The highest BCUT2D eigenvalue weighted by Crippen LogP contribution is 2.20. The van der Waals surface area contributed by atoms with Gasteiger partial charge in [0, 0.05) is 6.61 Å². The van der Waals surface area contributed by atoms with Gasteiger partial charge in [-0.3, -0.25) is 0 Å². The quantitative estimate of drug-likeness (QED) is 0.788. The number of benzene rings is 1. The van der Waals surface area contributed by atoms with E-state index in [-0.39, 0.29) is 6.61 Å². The molecule has 1 aromatic heterocycles. The lowest BCUT2D eigenvalue weighted by Crippen LogP contribution is -1.88. The molecular formula is C10H11NOS2. The number of hydrogen-bond donors (Lipinski definition) is 2. The molecule has 74 valence electrons. The maximum atomic E-state index is 8.72. The second-order valence-electron chi connectivity index (χ2n) is 3.17. The van der Waals surface area contributed by atoms with Crippen LogP contribution in [0.25, 0.3) is 10.2 Å². The van der Waals surface area contributed by atoms with E-state index in [9.17, 15) is 0 Å². The van der Waals surface area contributed by atoms with Gasteiger partial charge < -0.3 is 10.1 Å². The van der Waals surface area contributed by atoms with Gasteiger partial charge in [0.05, 0.1) is 10.2 Å². The fourth-order valence-corrected chi connectivity index (χ4v) is 2.53. The lowest BCUT2D eigenvalue weighted by molar-refractivity contribution is 0.288. The van der Waals surface area contributed by atoms with Gasteiger partial charge in [-0.2, -0.15) is 0 Å². The largest absolute Gasteiger partial charge is 0.396 e. The van der Waals surface area contributed by atoms with Crippen LogP contribution in [0.3, 0.4) is 0 Å². The molecule has 0 aliphatic heterocycles. The van der Waals surface area contributed by atoms with Crippen LogP contribution in [0.1, 0.15) is 12.0 Å². The van der Waals surface area contributed by atoms with Gasteiger partial charge in [-0.1, -0.05) is 6.07 Å². The topological polar surface area (TPSA) is 36.0 Å². The van der Waals surface area contributed by atoms with Gasteiger partial charge >= 0.3 is 0 Å². The van der Waals surface area contributed by atoms with Crippen LogP contribution >= 0.6 is 23.6 Å². The van der Waals surface area contributed by atoms with Crippen LogP contribution in [0, 0.1) is 3.95 Å². The average Bonchev–Trinajstić information content (AvgIpc) is 2.54. The molecule has 0 radical (unpaired) electrons. The molecule has 0 aliphatic carbocycles. The predicted molar refractivity (Wildman–Crippen MR) is 62.4 cm³/mol. The number of aliphatic hydroxyl groups excluding tert-OH is 1. The van der Waals surface area contributed by atoms with Crippen LogP contribution in [0.15, 0.2) is 18.2 Å². The molecule has 0 saturated heterocycles. The van der Waals surface area contributed by atoms with Crippen LogP contribution in [-0.4, -0.2) is 16.7 Å². The van der Waals surface area contributed by atoms with Crippen molar-refractivity contribution in [3.05, 3.63) is 27.7 Å². The molecule has 0 spiro atoms. The number of thiazole rings is 1. The summed E-state index contributed by atoms with van der Waals surface area (Å²) >= 11 is 6.66. The van der Waals surface area contributed by atoms with E-state index >= 15 is 0 Å². The Bertz CT molecular complexity index is 486. The highest BCUT2D eigenvalue weighted by molar-refractivity contribution is 7.73. The second-order valence-corrected chi connectivity index (χ2v) is 4.89. The molecule has 0 fully saturated rings. The average molecular weight is 225 g/mol. The molecule has 1 aromatic carbocycles. The van der Waals surface area contributed by atoms with E-state index < -0.39 is 0 Å². The van der Waals surface area contributed by atoms with Crippen molar-refractivity contribution in [1.82, 2.24) is 4.98 Å². The molecule has 14 heavy (non-hydrogen) atoms. The Morgan fingerprint density at radius 3 is 3.07 bits per heavy atom. The first-order chi connectivity index (χ1) is 6.79. The van der Waals surface area contributed by atoms with Gasteiger partial charge in [-0.15, -0.1) is 11.3 Å². The summed E-state index contributed by atoms with van der Waals surface area (Å²) in [6.45, 7) is 0.248. The minimum Gasteiger partial charge on any atom is -0.396 e. The van der Waals surface area contributed by atoms with Gasteiger partial charge in [-0.05, 0) is 42.8 Å². The number of fused-ring (bicyclic) bond motifs is 1. The van der Waals surface area contributed by atoms with E-state index in [0.29, 0.717) is 0 Å². The Balaban J connectivity index is 2.35. The molecule has 0 unspecified atom stereocenters. The lowest BCUT2D eigenvalue weighted by atomic mass is 10.1. The highest BCUT2D eigenvalue weighted by Gasteiger charge is 1.98. The third-order valence-electron chi connectivity index (χ3n) is 2.11. The monoisotopic (exact) mass is 225 g/mol. The summed E-state index contributed by atoms with van der Waals surface area (Å²) in [5, 5.41) is 8.72. The van der Waals surface area contributed by atoms with E-state index in [1.807, 2.05) is 0 Å². The minimum atomic E-state index is 0.248. The number of rotatable bonds is 3. The Kier molecular flexibility index (Phi) is 2.96. The van der Waals surface area contributed by atoms with Crippen LogP contribution in [0.2, 0.25) is 0 Å². The third kappa shape index (κ3) is 2.03. The maximum Gasteiger partial charge on any atom is 0.159 e. The second kappa shape index (κ2) is 4.21. The zero-order valence-electron chi connectivity index (χ0n) is 7.62. The van der Waals surface area contributed by atoms with Crippen LogP contribution in [0.5, 0.6) is 0 Å². The fourth-order valence-electron chi connectivity index (χ4n) is 1.44. The summed E-state index contributed by atoms with van der Waals surface area (Å²) in [5.41, 5.74) is 2.35. The molecule has 2 rings (SSSR count). The highest BCUT2D eigenvalue weighted by atomic mass is 32.1. The van der Waals surface area contributed by atoms with Crippen LogP contribution < -0.4 is 0 Å². The van der Waals surface area contributed by atoms with Gasteiger partial charge in [-0.25, -0.2) is 0 Å². The van der Waals surface area contributed by atoms with Gasteiger partial charge in [0.2, 0.25) is 0 Å². The molecule has 2 nitrogen and oxygen atoms in total. The Morgan fingerprint density at radius 1 is 1.43 bits per heavy atom. The summed E-state index contributed by atoms with van der Waals surface area (Å²) in [5.74, 6) is 0. The van der Waals surface area contributed by atoms with E-state index in [0.717, 1.165) is 22.3 Å². The predicted octanol–water partition coefficient (Wildman–Crippen LogP) is 2.88. The van der Waals surface area contributed by atoms with E-state index in [1.54, 1.807) is 11.3 Å². The van der Waals surface area contributed by atoms with Crippen molar-refractivity contribution in [3.8, 4) is 0 Å². The van der Waals surface area contributed by atoms with Crippen molar-refractivity contribution in [1.29, 1.82) is 0 Å². The van der Waals surface area contributed by atoms with Crippen molar-refractivity contribution >= 4 is 33.8 Å². The lowest BCUT2D eigenvalue weighted by Gasteiger charge is -1.98. The molecule has 4 heteroatoms. The SMILES string of the molecule is OCCCc1ccc2sc(=S)[nH]c2c1. The number of nitrogens with one attached hydrogen (secondary N) is 1. The number of aliphatic hydroxyl groups is 1. The summed E-state index contributed by atoms with van der Waals surface area (Å²) in [6.07, 6.45) is 1.74. The standard InChI is InChI=1S/C10H11NOS2/c12-5-1-2-7-3-4-9-8(6-7)11-10(13)14-9/h3-4,6,12H,1-2,5H2,(H,11,13). The van der Waals surface area contributed by atoms with Crippen LogP contribution in [-0.2, 0) is 6.42 Å². The van der Waals surface area contributed by atoms with Crippen molar-refractivity contribution in [3.63, 3.8) is 0 Å². The molecule has 0 atom stereocenters. The first-order valence-electron chi connectivity index (χ1n) is 4.52. The van der Waals surface area contributed by atoms with Crippen LogP contribution in [0.4, 0.5) is 0 Å². The van der Waals surface area contributed by atoms with Crippen molar-refractivity contribution in [2.24, 2.45) is 0 Å².